The van der Waals surface area contributed by atoms with Crippen LogP contribution in [0, 0.1) is 5.92 Å². The fraction of sp³-hybridized carbons (Fsp3) is 0.400. The highest BCUT2D eigenvalue weighted by atomic mass is 16.5. The van der Waals surface area contributed by atoms with Crippen molar-refractivity contribution >= 4 is 5.78 Å². The van der Waals surface area contributed by atoms with Crippen molar-refractivity contribution in [2.24, 2.45) is 5.92 Å². The summed E-state index contributed by atoms with van der Waals surface area (Å²) >= 11 is 0. The van der Waals surface area contributed by atoms with E-state index in [4.69, 9.17) is 9.47 Å². The highest BCUT2D eigenvalue weighted by Crippen LogP contribution is 2.30. The van der Waals surface area contributed by atoms with Gasteiger partial charge in [-0.05, 0) is 55.3 Å². The lowest BCUT2D eigenvalue weighted by atomic mass is 9.89. The van der Waals surface area contributed by atoms with E-state index in [1.807, 2.05) is 30.6 Å². The van der Waals surface area contributed by atoms with E-state index in [1.54, 1.807) is 26.4 Å². The standard InChI is InChI=1S/C20H24N2O3/c1-24-18-6-5-16(12-19(18)25-2)20(23)17-4-3-11-22(14-17)13-15-7-9-21-10-8-15/h5-10,12,17H,3-4,11,13-14H2,1-2H3/t17-/m0/s1. The number of carbonyl (C=O) groups is 1. The monoisotopic (exact) mass is 340 g/mol. The van der Waals surface area contributed by atoms with Crippen LogP contribution in [0.1, 0.15) is 28.8 Å². The van der Waals surface area contributed by atoms with Crippen LogP contribution in [0.15, 0.2) is 42.7 Å². The van der Waals surface area contributed by atoms with Gasteiger partial charge in [0, 0.05) is 37.0 Å². The Hall–Kier alpha value is -2.40. The normalized spacial score (nSPS) is 17.9. The maximum absolute atomic E-state index is 12.9. The molecule has 0 unspecified atom stereocenters. The molecule has 0 radical (unpaired) electrons. The number of piperidine rings is 1. The van der Waals surface area contributed by atoms with E-state index in [-0.39, 0.29) is 11.7 Å². The Labute approximate surface area is 148 Å². The largest absolute Gasteiger partial charge is 0.493 e. The first-order valence-corrected chi connectivity index (χ1v) is 8.58. The molecule has 25 heavy (non-hydrogen) atoms. The lowest BCUT2D eigenvalue weighted by Crippen LogP contribution is -2.38. The van der Waals surface area contributed by atoms with Gasteiger partial charge in [0.2, 0.25) is 0 Å². The summed E-state index contributed by atoms with van der Waals surface area (Å²) < 4.78 is 10.6. The van der Waals surface area contributed by atoms with Gasteiger partial charge in [-0.2, -0.15) is 0 Å². The van der Waals surface area contributed by atoms with Crippen LogP contribution in [-0.2, 0) is 6.54 Å². The molecule has 0 aliphatic carbocycles. The molecule has 1 aromatic heterocycles. The molecule has 1 saturated heterocycles. The molecule has 0 N–H and O–H groups in total. The highest BCUT2D eigenvalue weighted by Gasteiger charge is 2.27. The second-order valence-corrected chi connectivity index (χ2v) is 6.36. The molecule has 3 rings (SSSR count). The second kappa shape index (κ2) is 8.12. The highest BCUT2D eigenvalue weighted by molar-refractivity contribution is 5.98. The molecule has 1 aromatic carbocycles. The molecule has 5 heteroatoms. The van der Waals surface area contributed by atoms with Crippen molar-refractivity contribution in [1.29, 1.82) is 0 Å². The van der Waals surface area contributed by atoms with Crippen LogP contribution in [0.2, 0.25) is 0 Å². The second-order valence-electron chi connectivity index (χ2n) is 6.36. The van der Waals surface area contributed by atoms with Gasteiger partial charge >= 0.3 is 0 Å². The quantitative estimate of drug-likeness (QED) is 0.756. The topological polar surface area (TPSA) is 51.7 Å². The minimum Gasteiger partial charge on any atom is -0.493 e. The van der Waals surface area contributed by atoms with Crippen LogP contribution < -0.4 is 9.47 Å². The van der Waals surface area contributed by atoms with E-state index >= 15 is 0 Å². The third-order valence-corrected chi connectivity index (χ3v) is 4.70. The Morgan fingerprint density at radius 2 is 1.92 bits per heavy atom. The van der Waals surface area contributed by atoms with Crippen LogP contribution in [-0.4, -0.2) is 43.0 Å². The first kappa shape index (κ1) is 17.4. The Morgan fingerprint density at radius 1 is 1.16 bits per heavy atom. The van der Waals surface area contributed by atoms with Gasteiger partial charge in [0.15, 0.2) is 17.3 Å². The molecule has 132 valence electrons. The number of ketones is 1. The molecular weight excluding hydrogens is 316 g/mol. The summed E-state index contributed by atoms with van der Waals surface area (Å²) in [5.74, 6) is 1.44. The first-order chi connectivity index (χ1) is 12.2. The zero-order valence-corrected chi connectivity index (χ0v) is 14.8. The molecular formula is C20H24N2O3. The summed E-state index contributed by atoms with van der Waals surface area (Å²) in [6.07, 6.45) is 5.59. The van der Waals surface area contributed by atoms with Gasteiger partial charge in [-0.25, -0.2) is 0 Å². The molecule has 0 bridgehead atoms. The molecule has 1 atom stereocenters. The number of hydrogen-bond donors (Lipinski definition) is 0. The Balaban J connectivity index is 1.69. The fourth-order valence-electron chi connectivity index (χ4n) is 3.38. The number of pyridine rings is 1. The molecule has 1 fully saturated rings. The lowest BCUT2D eigenvalue weighted by molar-refractivity contribution is 0.0811. The molecule has 1 aliphatic heterocycles. The van der Waals surface area contributed by atoms with Crippen LogP contribution in [0.4, 0.5) is 0 Å². The minimum absolute atomic E-state index is 0.0219. The summed E-state index contributed by atoms with van der Waals surface area (Å²) in [4.78, 5) is 19.3. The molecule has 2 aromatic rings. The minimum atomic E-state index is 0.0219. The van der Waals surface area contributed by atoms with Crippen LogP contribution in [0.25, 0.3) is 0 Å². The van der Waals surface area contributed by atoms with Gasteiger partial charge in [0.05, 0.1) is 14.2 Å². The molecule has 0 spiro atoms. The number of aromatic nitrogens is 1. The number of nitrogens with zero attached hydrogens (tertiary/aromatic N) is 2. The van der Waals surface area contributed by atoms with Crippen molar-refractivity contribution in [2.75, 3.05) is 27.3 Å². The average Bonchev–Trinajstić information content (AvgIpc) is 2.68. The molecule has 1 aliphatic rings. The van der Waals surface area contributed by atoms with Crippen molar-refractivity contribution in [3.63, 3.8) is 0 Å². The van der Waals surface area contributed by atoms with E-state index in [2.05, 4.69) is 9.88 Å². The summed E-state index contributed by atoms with van der Waals surface area (Å²) in [5, 5.41) is 0. The third kappa shape index (κ3) is 4.17. The van der Waals surface area contributed by atoms with Crippen molar-refractivity contribution in [1.82, 2.24) is 9.88 Å². The van der Waals surface area contributed by atoms with Gasteiger partial charge in [-0.15, -0.1) is 0 Å². The average molecular weight is 340 g/mol. The maximum Gasteiger partial charge on any atom is 0.167 e. The van der Waals surface area contributed by atoms with Gasteiger partial charge in [-0.1, -0.05) is 0 Å². The van der Waals surface area contributed by atoms with E-state index < -0.39 is 0 Å². The summed E-state index contributed by atoms with van der Waals surface area (Å²) in [7, 11) is 3.18. The van der Waals surface area contributed by atoms with Crippen molar-refractivity contribution in [3.8, 4) is 11.5 Å². The van der Waals surface area contributed by atoms with Crippen molar-refractivity contribution in [3.05, 3.63) is 53.9 Å². The van der Waals surface area contributed by atoms with Crippen molar-refractivity contribution in [2.45, 2.75) is 19.4 Å². The lowest BCUT2D eigenvalue weighted by Gasteiger charge is -2.32. The van der Waals surface area contributed by atoms with Gasteiger partial charge in [0.25, 0.3) is 0 Å². The summed E-state index contributed by atoms with van der Waals surface area (Å²) in [6, 6.07) is 9.46. The fourth-order valence-corrected chi connectivity index (χ4v) is 3.38. The summed E-state index contributed by atoms with van der Waals surface area (Å²) in [6.45, 7) is 2.67. The number of benzene rings is 1. The number of hydrogen-bond acceptors (Lipinski definition) is 5. The molecule has 0 saturated carbocycles. The third-order valence-electron chi connectivity index (χ3n) is 4.70. The van der Waals surface area contributed by atoms with Crippen molar-refractivity contribution < 1.29 is 14.3 Å². The SMILES string of the molecule is COc1ccc(C(=O)[C@H]2CCCN(Cc3ccncc3)C2)cc1OC. The number of Topliss-reactive ketones (excluding diaryl/α,β-unsaturated/α-hetero) is 1. The number of likely N-dealkylation sites (tertiary alicyclic amines) is 1. The van der Waals surface area contributed by atoms with Gasteiger partial charge < -0.3 is 9.47 Å². The van der Waals surface area contributed by atoms with E-state index in [0.29, 0.717) is 17.1 Å². The number of rotatable bonds is 6. The number of methoxy groups -OCH3 is 2. The first-order valence-electron chi connectivity index (χ1n) is 8.58. The van der Waals surface area contributed by atoms with E-state index in [1.165, 1.54) is 5.56 Å². The zero-order valence-electron chi connectivity index (χ0n) is 14.8. The number of carbonyl (C=O) groups excluding carboxylic acids is 1. The predicted octanol–water partition coefficient (Wildman–Crippen LogP) is 3.19. The zero-order chi connectivity index (χ0) is 17.6. The van der Waals surface area contributed by atoms with E-state index in [0.717, 1.165) is 32.5 Å². The van der Waals surface area contributed by atoms with Crippen LogP contribution in [0.5, 0.6) is 11.5 Å². The van der Waals surface area contributed by atoms with Crippen LogP contribution in [0.3, 0.4) is 0 Å². The van der Waals surface area contributed by atoms with Gasteiger partial charge in [-0.3, -0.25) is 14.7 Å². The molecule has 0 amide bonds. The van der Waals surface area contributed by atoms with Gasteiger partial charge in [0.1, 0.15) is 0 Å². The Bertz CT molecular complexity index is 718. The Morgan fingerprint density at radius 3 is 2.64 bits per heavy atom. The predicted molar refractivity (Wildman–Crippen MR) is 96.1 cm³/mol. The number of ether oxygens (including phenoxy) is 2. The van der Waals surface area contributed by atoms with E-state index in [9.17, 15) is 4.79 Å². The Kier molecular flexibility index (Phi) is 5.66. The smallest absolute Gasteiger partial charge is 0.167 e. The molecule has 5 nitrogen and oxygen atoms in total. The molecule has 2 heterocycles. The summed E-state index contributed by atoms with van der Waals surface area (Å²) in [5.41, 5.74) is 1.92. The maximum atomic E-state index is 12.9. The van der Waals surface area contributed by atoms with Crippen LogP contribution >= 0.6 is 0 Å².